The number of amides is 3. The molecule has 7 N–H and O–H groups in total. The smallest absolute Gasteiger partial charge is 0.248 e. The van der Waals surface area contributed by atoms with Gasteiger partial charge in [-0.3, -0.25) is 14.4 Å². The van der Waals surface area contributed by atoms with Crippen molar-refractivity contribution in [1.82, 2.24) is 33.8 Å². The number of hydrogen-bond acceptors (Lipinski definition) is 8. The number of nitrogens with zero attached hydrogens (tertiary/aromatic N) is 7. The summed E-state index contributed by atoms with van der Waals surface area (Å²) in [7, 11) is 0. The molecule has 1 aliphatic rings. The van der Waals surface area contributed by atoms with Crippen LogP contribution in [0.4, 0.5) is 17.7 Å². The van der Waals surface area contributed by atoms with Gasteiger partial charge in [0.25, 0.3) is 0 Å². The lowest BCUT2D eigenvalue weighted by Crippen LogP contribution is -2.32. The molecular weight excluding hydrogens is 550 g/mol. The summed E-state index contributed by atoms with van der Waals surface area (Å²) in [6.45, 7) is 6.42. The maximum atomic E-state index is 13.4. The number of aromatic nitrogens is 6. The van der Waals surface area contributed by atoms with E-state index in [4.69, 9.17) is 22.2 Å². The third kappa shape index (κ3) is 5.22. The summed E-state index contributed by atoms with van der Waals surface area (Å²) in [6.07, 6.45) is 0.804. The Balaban J connectivity index is 1.23. The van der Waals surface area contributed by atoms with E-state index in [2.05, 4.69) is 20.0 Å². The topological polar surface area (TPSA) is 198 Å². The Morgan fingerprint density at radius 3 is 2.26 bits per heavy atom. The number of aryl methyl sites for hydroxylation is 2. The molecule has 0 unspecified atom stereocenters. The van der Waals surface area contributed by atoms with Crippen molar-refractivity contribution in [1.29, 1.82) is 0 Å². The van der Waals surface area contributed by atoms with Crippen LogP contribution in [0.25, 0.3) is 22.1 Å². The summed E-state index contributed by atoms with van der Waals surface area (Å²) >= 11 is 0. The highest BCUT2D eigenvalue weighted by Gasteiger charge is 2.29. The van der Waals surface area contributed by atoms with Crippen molar-refractivity contribution in [3.63, 3.8) is 0 Å². The van der Waals surface area contributed by atoms with E-state index >= 15 is 0 Å². The summed E-state index contributed by atoms with van der Waals surface area (Å²) < 4.78 is 5.60. The predicted octanol–water partition coefficient (Wildman–Crippen LogP) is 1.98. The first-order valence-corrected chi connectivity index (χ1v) is 14.1. The Labute approximate surface area is 246 Å². The third-order valence-electron chi connectivity index (χ3n) is 7.91. The lowest BCUT2D eigenvalue weighted by molar-refractivity contribution is -0.130. The number of carbonyl (C=O) groups is 3. The molecule has 4 heterocycles. The molecule has 43 heavy (non-hydrogen) atoms. The number of nitrogens with two attached hydrogens (primary N) is 3. The fourth-order valence-corrected chi connectivity index (χ4v) is 5.73. The van der Waals surface area contributed by atoms with Gasteiger partial charge in [0, 0.05) is 43.4 Å². The fourth-order valence-electron chi connectivity index (χ4n) is 5.73. The van der Waals surface area contributed by atoms with Gasteiger partial charge in [0.05, 0.1) is 27.8 Å². The standard InChI is InChI=1S/C29H33N11O3/c1-3-40-24(10-16(2)36-40)35-29-34-21-12-19(27(31)43)5-7-23(21)39(29)14-17-8-9-37(13-17)25(41)15-38-22-6-4-18(26(30)42)11-20(22)33-28(38)32/h4-7,10-12,17H,3,8-9,13-15H2,1-2H3,(H2,30,42)(H2,31,43)(H2,32,33)(H,34,35)/t17-/m0/s1. The van der Waals surface area contributed by atoms with E-state index in [1.54, 1.807) is 34.9 Å². The minimum atomic E-state index is -0.558. The maximum absolute atomic E-state index is 13.4. The van der Waals surface area contributed by atoms with Crippen molar-refractivity contribution in [2.75, 3.05) is 24.1 Å². The summed E-state index contributed by atoms with van der Waals surface area (Å²) in [5.41, 5.74) is 21.3. The molecule has 0 saturated carbocycles. The van der Waals surface area contributed by atoms with E-state index in [9.17, 15) is 14.4 Å². The minimum Gasteiger partial charge on any atom is -0.369 e. The van der Waals surface area contributed by atoms with Crippen LogP contribution in [-0.4, -0.2) is 64.6 Å². The molecule has 1 aliphatic heterocycles. The highest BCUT2D eigenvalue weighted by Crippen LogP contribution is 2.29. The maximum Gasteiger partial charge on any atom is 0.248 e. The van der Waals surface area contributed by atoms with Crippen LogP contribution < -0.4 is 22.5 Å². The number of nitrogens with one attached hydrogen (secondary N) is 1. The van der Waals surface area contributed by atoms with Crippen LogP contribution in [0.1, 0.15) is 39.8 Å². The van der Waals surface area contributed by atoms with E-state index in [-0.39, 0.29) is 24.3 Å². The van der Waals surface area contributed by atoms with Gasteiger partial charge in [-0.15, -0.1) is 0 Å². The van der Waals surface area contributed by atoms with E-state index in [1.807, 2.05) is 35.6 Å². The molecular formula is C29H33N11O3. The summed E-state index contributed by atoms with van der Waals surface area (Å²) in [4.78, 5) is 47.7. The van der Waals surface area contributed by atoms with Gasteiger partial charge < -0.3 is 36.6 Å². The molecule has 5 aromatic rings. The summed E-state index contributed by atoms with van der Waals surface area (Å²) in [5.74, 6) is 0.623. The average molecular weight is 584 g/mol. The lowest BCUT2D eigenvalue weighted by Gasteiger charge is -2.19. The summed E-state index contributed by atoms with van der Waals surface area (Å²) in [5, 5.41) is 7.95. The van der Waals surface area contributed by atoms with Crippen molar-refractivity contribution >= 4 is 57.5 Å². The molecule has 0 radical (unpaired) electrons. The zero-order valence-electron chi connectivity index (χ0n) is 23.9. The normalized spacial score (nSPS) is 15.0. The number of primary amides is 2. The number of carbonyl (C=O) groups excluding carboxylic acids is 3. The van der Waals surface area contributed by atoms with E-state index in [0.29, 0.717) is 59.8 Å². The van der Waals surface area contributed by atoms with Gasteiger partial charge in [-0.2, -0.15) is 5.10 Å². The number of imidazole rings is 2. The average Bonchev–Trinajstić information content (AvgIpc) is 3.74. The molecule has 1 atom stereocenters. The van der Waals surface area contributed by atoms with Crippen LogP contribution in [0.5, 0.6) is 0 Å². The van der Waals surface area contributed by atoms with E-state index in [1.165, 1.54) is 0 Å². The first kappa shape index (κ1) is 27.8. The number of rotatable bonds is 9. The zero-order chi connectivity index (χ0) is 30.4. The van der Waals surface area contributed by atoms with Gasteiger partial charge in [-0.1, -0.05) is 0 Å². The Morgan fingerprint density at radius 2 is 1.60 bits per heavy atom. The molecule has 3 aromatic heterocycles. The van der Waals surface area contributed by atoms with Crippen LogP contribution in [-0.2, 0) is 24.4 Å². The molecule has 14 heteroatoms. The number of nitrogen functional groups attached to an aromatic ring is 1. The Bertz CT molecular complexity index is 1900. The summed E-state index contributed by atoms with van der Waals surface area (Å²) in [6, 6.07) is 12.1. The van der Waals surface area contributed by atoms with Crippen LogP contribution >= 0.6 is 0 Å². The molecule has 0 spiro atoms. The molecule has 1 fully saturated rings. The second kappa shape index (κ2) is 10.8. The van der Waals surface area contributed by atoms with Crippen LogP contribution in [0.15, 0.2) is 42.5 Å². The zero-order valence-corrected chi connectivity index (χ0v) is 23.9. The van der Waals surface area contributed by atoms with Crippen molar-refractivity contribution in [3.8, 4) is 0 Å². The fraction of sp³-hybridized carbons (Fsp3) is 0.310. The van der Waals surface area contributed by atoms with Gasteiger partial charge in [0.1, 0.15) is 12.4 Å². The highest BCUT2D eigenvalue weighted by molar-refractivity contribution is 5.97. The van der Waals surface area contributed by atoms with Crippen molar-refractivity contribution < 1.29 is 14.4 Å². The minimum absolute atomic E-state index is 0.0298. The van der Waals surface area contributed by atoms with Crippen LogP contribution in [0.2, 0.25) is 0 Å². The molecule has 2 aromatic carbocycles. The first-order valence-electron chi connectivity index (χ1n) is 14.1. The molecule has 6 rings (SSSR count). The van der Waals surface area contributed by atoms with Crippen molar-refractivity contribution in [3.05, 3.63) is 59.3 Å². The quantitative estimate of drug-likeness (QED) is 0.202. The van der Waals surface area contributed by atoms with Gasteiger partial charge in [0.15, 0.2) is 0 Å². The Hall–Kier alpha value is -5.40. The highest BCUT2D eigenvalue weighted by atomic mass is 16.2. The number of hydrogen-bond donors (Lipinski definition) is 4. The predicted molar refractivity (Wildman–Crippen MR) is 162 cm³/mol. The van der Waals surface area contributed by atoms with E-state index < -0.39 is 11.8 Å². The Morgan fingerprint density at radius 1 is 0.953 bits per heavy atom. The van der Waals surface area contributed by atoms with Crippen molar-refractivity contribution in [2.24, 2.45) is 17.4 Å². The number of benzene rings is 2. The number of fused-ring (bicyclic) bond motifs is 2. The van der Waals surface area contributed by atoms with Gasteiger partial charge in [-0.25, -0.2) is 14.6 Å². The second-order valence-corrected chi connectivity index (χ2v) is 10.8. The van der Waals surface area contributed by atoms with E-state index in [0.717, 1.165) is 23.4 Å². The van der Waals surface area contributed by atoms with Crippen LogP contribution in [0.3, 0.4) is 0 Å². The van der Waals surface area contributed by atoms with Gasteiger partial charge in [-0.05, 0) is 62.6 Å². The monoisotopic (exact) mass is 583 g/mol. The van der Waals surface area contributed by atoms with Gasteiger partial charge in [0.2, 0.25) is 29.6 Å². The largest absolute Gasteiger partial charge is 0.369 e. The number of likely N-dealkylation sites (tertiary alicyclic amines) is 1. The Kier molecular flexibility index (Phi) is 6.96. The molecule has 222 valence electrons. The SMILES string of the molecule is CCn1nc(C)cc1Nc1nc2cc(C(N)=O)ccc2n1C[C@H]1CCN(C(=O)Cn2c(N)nc3cc(C(N)=O)ccc32)C1. The van der Waals surface area contributed by atoms with Crippen molar-refractivity contribution in [2.45, 2.75) is 39.9 Å². The first-order chi connectivity index (χ1) is 20.6. The number of anilines is 3. The molecule has 3 amide bonds. The van der Waals surface area contributed by atoms with Gasteiger partial charge >= 0.3 is 0 Å². The second-order valence-electron chi connectivity index (χ2n) is 10.8. The molecule has 0 aliphatic carbocycles. The third-order valence-corrected chi connectivity index (χ3v) is 7.91. The van der Waals surface area contributed by atoms with Crippen LogP contribution in [0, 0.1) is 12.8 Å². The molecule has 1 saturated heterocycles. The lowest BCUT2D eigenvalue weighted by atomic mass is 10.1. The molecule has 0 bridgehead atoms. The molecule has 14 nitrogen and oxygen atoms in total.